The van der Waals surface area contributed by atoms with Gasteiger partial charge >= 0.3 is 0 Å². The van der Waals surface area contributed by atoms with Crippen molar-refractivity contribution < 1.29 is 9.53 Å². The first-order valence-electron chi connectivity index (χ1n) is 8.23. The van der Waals surface area contributed by atoms with E-state index in [0.29, 0.717) is 6.54 Å². The van der Waals surface area contributed by atoms with Crippen molar-refractivity contribution in [2.45, 2.75) is 12.8 Å². The molecule has 3 nitrogen and oxygen atoms in total. The third kappa shape index (κ3) is 4.09. The summed E-state index contributed by atoms with van der Waals surface area (Å²) in [5, 5.41) is 4.08. The minimum atomic E-state index is -0.137. The van der Waals surface area contributed by atoms with E-state index in [1.165, 1.54) is 32.2 Å². The van der Waals surface area contributed by atoms with E-state index >= 15 is 0 Å². The van der Waals surface area contributed by atoms with E-state index in [1.54, 1.807) is 7.11 Å². The van der Waals surface area contributed by atoms with Crippen LogP contribution in [0.4, 0.5) is 0 Å². The maximum Gasteiger partial charge on any atom is 0.243 e. The summed E-state index contributed by atoms with van der Waals surface area (Å²) in [5.74, 6) is 0.717. The number of methoxy groups -OCH3 is 1. The smallest absolute Gasteiger partial charge is 0.243 e. The van der Waals surface area contributed by atoms with Crippen LogP contribution in [0.15, 0.2) is 61.2 Å². The molecular formula is C21H21NO2S. The Morgan fingerprint density at radius 2 is 2.04 bits per heavy atom. The van der Waals surface area contributed by atoms with Gasteiger partial charge in [0.2, 0.25) is 5.91 Å². The molecule has 0 aliphatic heterocycles. The molecule has 3 rings (SSSR count). The molecule has 0 aliphatic rings. The van der Waals surface area contributed by atoms with E-state index in [9.17, 15) is 4.79 Å². The van der Waals surface area contributed by atoms with Gasteiger partial charge in [0, 0.05) is 22.5 Å². The average molecular weight is 351 g/mol. The topological polar surface area (TPSA) is 38.3 Å². The minimum absolute atomic E-state index is 0.137. The van der Waals surface area contributed by atoms with Crippen molar-refractivity contribution in [3.05, 3.63) is 77.2 Å². The summed E-state index contributed by atoms with van der Waals surface area (Å²) in [4.78, 5) is 12.8. The van der Waals surface area contributed by atoms with E-state index in [0.717, 1.165) is 18.6 Å². The van der Waals surface area contributed by atoms with Crippen LogP contribution < -0.4 is 10.1 Å². The van der Waals surface area contributed by atoms with Crippen LogP contribution in [0.5, 0.6) is 5.75 Å². The van der Waals surface area contributed by atoms with Crippen molar-refractivity contribution in [2.24, 2.45) is 0 Å². The standard InChI is InChI=1S/C21H21NO2S/c1-3-21(23)22-12-11-17-18-14-16(24-2)9-10-19(18)25-20(17)13-15-7-5-4-6-8-15/h3-10,14H,1,11-13H2,2H3,(H,22,23). The summed E-state index contributed by atoms with van der Waals surface area (Å²) < 4.78 is 6.63. The normalized spacial score (nSPS) is 10.6. The van der Waals surface area contributed by atoms with Crippen molar-refractivity contribution >= 4 is 27.3 Å². The molecule has 0 fully saturated rings. The first kappa shape index (κ1) is 17.2. The molecular weight excluding hydrogens is 330 g/mol. The Morgan fingerprint density at radius 1 is 1.24 bits per heavy atom. The van der Waals surface area contributed by atoms with Gasteiger partial charge in [-0.05, 0) is 47.2 Å². The lowest BCUT2D eigenvalue weighted by atomic mass is 10.0. The van der Waals surface area contributed by atoms with E-state index in [2.05, 4.69) is 48.3 Å². The fourth-order valence-electron chi connectivity index (χ4n) is 2.89. The molecule has 0 aliphatic carbocycles. The molecule has 0 radical (unpaired) electrons. The molecule has 0 unspecified atom stereocenters. The second-order valence-corrected chi connectivity index (χ2v) is 6.91. The fourth-order valence-corrected chi connectivity index (χ4v) is 4.15. The van der Waals surface area contributed by atoms with Gasteiger partial charge < -0.3 is 10.1 Å². The monoisotopic (exact) mass is 351 g/mol. The lowest BCUT2D eigenvalue weighted by Gasteiger charge is -2.07. The largest absolute Gasteiger partial charge is 0.497 e. The van der Waals surface area contributed by atoms with E-state index in [1.807, 2.05) is 23.5 Å². The molecule has 25 heavy (non-hydrogen) atoms. The van der Waals surface area contributed by atoms with Crippen LogP contribution >= 0.6 is 11.3 Å². The summed E-state index contributed by atoms with van der Waals surface area (Å²) in [5.41, 5.74) is 2.57. The molecule has 1 aromatic heterocycles. The van der Waals surface area contributed by atoms with Crippen molar-refractivity contribution in [3.63, 3.8) is 0 Å². The van der Waals surface area contributed by atoms with Crippen molar-refractivity contribution in [1.29, 1.82) is 0 Å². The molecule has 4 heteroatoms. The van der Waals surface area contributed by atoms with E-state index < -0.39 is 0 Å². The second kappa shape index (κ2) is 7.99. The zero-order valence-electron chi connectivity index (χ0n) is 14.2. The van der Waals surface area contributed by atoms with Gasteiger partial charge in [0.05, 0.1) is 7.11 Å². The maximum absolute atomic E-state index is 11.4. The first-order chi connectivity index (χ1) is 12.2. The first-order valence-corrected chi connectivity index (χ1v) is 9.05. The number of benzene rings is 2. The molecule has 0 saturated carbocycles. The molecule has 1 amide bonds. The highest BCUT2D eigenvalue weighted by Gasteiger charge is 2.13. The highest BCUT2D eigenvalue weighted by molar-refractivity contribution is 7.19. The Balaban J connectivity index is 1.94. The van der Waals surface area contributed by atoms with Crippen LogP contribution in [-0.4, -0.2) is 19.6 Å². The lowest BCUT2D eigenvalue weighted by Crippen LogP contribution is -2.23. The van der Waals surface area contributed by atoms with Gasteiger partial charge in [-0.15, -0.1) is 11.3 Å². The lowest BCUT2D eigenvalue weighted by molar-refractivity contribution is -0.116. The van der Waals surface area contributed by atoms with Gasteiger partial charge in [0.1, 0.15) is 5.75 Å². The van der Waals surface area contributed by atoms with E-state index in [-0.39, 0.29) is 5.91 Å². The Kier molecular flexibility index (Phi) is 5.51. The Labute approximate surface area is 152 Å². The van der Waals surface area contributed by atoms with Crippen LogP contribution in [0.1, 0.15) is 16.0 Å². The van der Waals surface area contributed by atoms with Gasteiger partial charge in [0.25, 0.3) is 0 Å². The zero-order valence-corrected chi connectivity index (χ0v) is 15.1. The van der Waals surface area contributed by atoms with Gasteiger partial charge in [0.15, 0.2) is 0 Å². The number of thiophene rings is 1. The summed E-state index contributed by atoms with van der Waals surface area (Å²) in [7, 11) is 1.68. The summed E-state index contributed by atoms with van der Waals surface area (Å²) >= 11 is 1.81. The number of fused-ring (bicyclic) bond motifs is 1. The predicted octanol–water partition coefficient (Wildman–Crippen LogP) is 4.35. The number of rotatable bonds is 7. The predicted molar refractivity (Wildman–Crippen MR) is 105 cm³/mol. The van der Waals surface area contributed by atoms with Gasteiger partial charge in [-0.1, -0.05) is 36.9 Å². The molecule has 0 bridgehead atoms. The Hall–Kier alpha value is -2.59. The number of amides is 1. The number of carbonyl (C=O) groups excluding carboxylic acids is 1. The second-order valence-electron chi connectivity index (χ2n) is 5.77. The van der Waals surface area contributed by atoms with Crippen molar-refractivity contribution in [1.82, 2.24) is 5.32 Å². The van der Waals surface area contributed by atoms with Gasteiger partial charge in [-0.25, -0.2) is 0 Å². The summed E-state index contributed by atoms with van der Waals surface area (Å²) in [6, 6.07) is 16.7. The fraction of sp³-hybridized carbons (Fsp3) is 0.190. The van der Waals surface area contributed by atoms with Crippen LogP contribution in [0.3, 0.4) is 0 Å². The van der Waals surface area contributed by atoms with Crippen LogP contribution in [0.2, 0.25) is 0 Å². The molecule has 0 saturated heterocycles. The number of ether oxygens (including phenoxy) is 1. The molecule has 1 heterocycles. The molecule has 0 spiro atoms. The quantitative estimate of drug-likeness (QED) is 0.643. The Morgan fingerprint density at radius 3 is 2.76 bits per heavy atom. The molecule has 1 N–H and O–H groups in total. The molecule has 0 atom stereocenters. The number of hydrogen-bond acceptors (Lipinski definition) is 3. The summed E-state index contributed by atoms with van der Waals surface area (Å²) in [6.07, 6.45) is 2.99. The van der Waals surface area contributed by atoms with Crippen molar-refractivity contribution in [3.8, 4) is 5.75 Å². The summed E-state index contributed by atoms with van der Waals surface area (Å²) in [6.45, 7) is 4.09. The highest BCUT2D eigenvalue weighted by Crippen LogP contribution is 2.35. The third-order valence-electron chi connectivity index (χ3n) is 4.15. The van der Waals surface area contributed by atoms with E-state index in [4.69, 9.17) is 4.74 Å². The SMILES string of the molecule is C=CC(=O)NCCc1c(Cc2ccccc2)sc2ccc(OC)cc12. The van der Waals surface area contributed by atoms with Crippen LogP contribution in [0.25, 0.3) is 10.1 Å². The third-order valence-corrected chi connectivity index (χ3v) is 5.36. The highest BCUT2D eigenvalue weighted by atomic mass is 32.1. The number of nitrogens with one attached hydrogen (secondary N) is 1. The molecule has 128 valence electrons. The Bertz CT molecular complexity index is 884. The van der Waals surface area contributed by atoms with Gasteiger partial charge in [-0.3, -0.25) is 4.79 Å². The van der Waals surface area contributed by atoms with Crippen LogP contribution in [-0.2, 0) is 17.6 Å². The van der Waals surface area contributed by atoms with Gasteiger partial charge in [-0.2, -0.15) is 0 Å². The molecule has 2 aromatic carbocycles. The number of carbonyl (C=O) groups is 1. The number of hydrogen-bond donors (Lipinski definition) is 1. The maximum atomic E-state index is 11.4. The zero-order chi connectivity index (χ0) is 17.6. The average Bonchev–Trinajstić information content (AvgIpc) is 2.98. The minimum Gasteiger partial charge on any atom is -0.497 e. The van der Waals surface area contributed by atoms with Crippen molar-refractivity contribution in [2.75, 3.05) is 13.7 Å². The molecule has 3 aromatic rings. The van der Waals surface area contributed by atoms with Crippen LogP contribution in [0, 0.1) is 0 Å².